The van der Waals surface area contributed by atoms with Crippen LogP contribution in [0.25, 0.3) is 0 Å². The number of rotatable bonds is 4. The van der Waals surface area contributed by atoms with E-state index in [0.29, 0.717) is 24.9 Å². The van der Waals surface area contributed by atoms with Crippen molar-refractivity contribution in [2.45, 2.75) is 76.8 Å². The van der Waals surface area contributed by atoms with Crippen LogP contribution in [0.2, 0.25) is 0 Å². The van der Waals surface area contributed by atoms with Gasteiger partial charge in [0.25, 0.3) is 0 Å². The second-order valence-electron chi connectivity index (χ2n) is 8.45. The number of fused-ring (bicyclic) bond motifs is 1. The Balaban J connectivity index is 1.37. The average Bonchev–Trinajstić information content (AvgIpc) is 3.19. The Bertz CT molecular complexity index is 641. The molecule has 0 aromatic carbocycles. The standard InChI is InChI=1S/C21H32N4O/c1-24-12-5-4-8-19(24)21-22-14-17-15-25(13-11-18(17)23-21)20(26)10-9-16-6-2-3-7-16/h14,16,19H,2-13,15H2,1H3. The molecule has 3 aliphatic rings. The van der Waals surface area contributed by atoms with E-state index in [1.165, 1.54) is 38.5 Å². The van der Waals surface area contributed by atoms with E-state index in [0.717, 1.165) is 55.4 Å². The molecule has 1 amide bonds. The van der Waals surface area contributed by atoms with Crippen LogP contribution in [0.15, 0.2) is 6.20 Å². The quantitative estimate of drug-likeness (QED) is 0.829. The molecule has 5 nitrogen and oxygen atoms in total. The van der Waals surface area contributed by atoms with Crippen molar-refractivity contribution in [2.75, 3.05) is 20.1 Å². The van der Waals surface area contributed by atoms with E-state index < -0.39 is 0 Å². The highest BCUT2D eigenvalue weighted by Crippen LogP contribution is 2.30. The van der Waals surface area contributed by atoms with Gasteiger partial charge >= 0.3 is 0 Å². The molecule has 2 aliphatic heterocycles. The molecule has 1 aromatic rings. The lowest BCUT2D eigenvalue weighted by Gasteiger charge is -2.33. The summed E-state index contributed by atoms with van der Waals surface area (Å²) in [4.78, 5) is 26.6. The molecule has 0 spiro atoms. The molecule has 1 atom stereocenters. The number of nitrogens with zero attached hydrogens (tertiary/aromatic N) is 4. The summed E-state index contributed by atoms with van der Waals surface area (Å²) in [5.41, 5.74) is 2.31. The number of piperidine rings is 1. The third-order valence-electron chi connectivity index (χ3n) is 6.61. The molecule has 142 valence electrons. The summed E-state index contributed by atoms with van der Waals surface area (Å²) >= 11 is 0. The Morgan fingerprint density at radius 3 is 2.77 bits per heavy atom. The van der Waals surface area contributed by atoms with Gasteiger partial charge in [-0.05, 0) is 38.8 Å². The van der Waals surface area contributed by atoms with Gasteiger partial charge in [-0.2, -0.15) is 0 Å². The van der Waals surface area contributed by atoms with Crippen molar-refractivity contribution in [3.63, 3.8) is 0 Å². The first-order valence-electron chi connectivity index (χ1n) is 10.5. The minimum Gasteiger partial charge on any atom is -0.338 e. The first-order valence-corrected chi connectivity index (χ1v) is 10.5. The second-order valence-corrected chi connectivity index (χ2v) is 8.45. The van der Waals surface area contributed by atoms with E-state index in [1.807, 2.05) is 11.1 Å². The Kier molecular flexibility index (Phi) is 5.53. The van der Waals surface area contributed by atoms with Crippen LogP contribution in [0.1, 0.15) is 80.9 Å². The van der Waals surface area contributed by atoms with Crippen LogP contribution in [0.4, 0.5) is 0 Å². The third kappa shape index (κ3) is 3.93. The molecule has 1 unspecified atom stereocenters. The average molecular weight is 357 g/mol. The number of amides is 1. The molecular weight excluding hydrogens is 324 g/mol. The zero-order valence-corrected chi connectivity index (χ0v) is 16.1. The Labute approximate surface area is 157 Å². The molecule has 0 N–H and O–H groups in total. The summed E-state index contributed by atoms with van der Waals surface area (Å²) < 4.78 is 0. The predicted octanol–water partition coefficient (Wildman–Crippen LogP) is 3.49. The van der Waals surface area contributed by atoms with Gasteiger partial charge in [-0.1, -0.05) is 32.1 Å². The molecule has 1 aromatic heterocycles. The van der Waals surface area contributed by atoms with Gasteiger partial charge in [0, 0.05) is 37.7 Å². The number of aromatic nitrogens is 2. The lowest BCUT2D eigenvalue weighted by Crippen LogP contribution is -2.37. The van der Waals surface area contributed by atoms with Gasteiger partial charge in [-0.3, -0.25) is 9.69 Å². The zero-order chi connectivity index (χ0) is 17.9. The minimum atomic E-state index is 0.318. The maximum atomic E-state index is 12.6. The highest BCUT2D eigenvalue weighted by Gasteiger charge is 2.27. The number of likely N-dealkylation sites (tertiary alicyclic amines) is 1. The fourth-order valence-electron chi connectivity index (χ4n) is 4.89. The maximum Gasteiger partial charge on any atom is 0.222 e. The smallest absolute Gasteiger partial charge is 0.222 e. The van der Waals surface area contributed by atoms with Gasteiger partial charge in [0.05, 0.1) is 11.7 Å². The predicted molar refractivity (Wildman–Crippen MR) is 102 cm³/mol. The fraction of sp³-hybridized carbons (Fsp3) is 0.762. The Morgan fingerprint density at radius 1 is 1.15 bits per heavy atom. The number of carbonyl (C=O) groups is 1. The highest BCUT2D eigenvalue weighted by molar-refractivity contribution is 5.76. The topological polar surface area (TPSA) is 49.3 Å². The first kappa shape index (κ1) is 17.9. The van der Waals surface area contributed by atoms with Crippen molar-refractivity contribution in [3.8, 4) is 0 Å². The summed E-state index contributed by atoms with van der Waals surface area (Å²) in [5, 5.41) is 0. The van der Waals surface area contributed by atoms with E-state index >= 15 is 0 Å². The van der Waals surface area contributed by atoms with E-state index in [9.17, 15) is 4.79 Å². The second kappa shape index (κ2) is 8.03. The molecule has 3 heterocycles. The molecule has 1 saturated carbocycles. The minimum absolute atomic E-state index is 0.318. The van der Waals surface area contributed by atoms with E-state index in [4.69, 9.17) is 4.98 Å². The molecular formula is C21H32N4O. The molecule has 1 saturated heterocycles. The van der Waals surface area contributed by atoms with Crippen molar-refractivity contribution in [1.29, 1.82) is 0 Å². The van der Waals surface area contributed by atoms with Crippen molar-refractivity contribution in [3.05, 3.63) is 23.3 Å². The molecule has 1 aliphatic carbocycles. The number of carbonyl (C=O) groups excluding carboxylic acids is 1. The monoisotopic (exact) mass is 356 g/mol. The molecule has 2 fully saturated rings. The maximum absolute atomic E-state index is 12.6. The van der Waals surface area contributed by atoms with Crippen molar-refractivity contribution in [2.24, 2.45) is 5.92 Å². The van der Waals surface area contributed by atoms with E-state index in [-0.39, 0.29) is 0 Å². The molecule has 4 rings (SSSR count). The normalized spacial score (nSPS) is 24.7. The SMILES string of the molecule is CN1CCCCC1c1ncc2c(n1)CCN(C(=O)CCC1CCCC1)C2. The van der Waals surface area contributed by atoms with Crippen LogP contribution in [0, 0.1) is 5.92 Å². The zero-order valence-electron chi connectivity index (χ0n) is 16.1. The largest absolute Gasteiger partial charge is 0.338 e. The number of hydrogen-bond acceptors (Lipinski definition) is 4. The summed E-state index contributed by atoms with van der Waals surface area (Å²) in [6, 6.07) is 0.361. The Morgan fingerprint density at radius 2 is 1.96 bits per heavy atom. The Hall–Kier alpha value is -1.49. The van der Waals surface area contributed by atoms with Gasteiger partial charge in [0.1, 0.15) is 5.82 Å². The van der Waals surface area contributed by atoms with Gasteiger partial charge in [0.2, 0.25) is 5.91 Å². The van der Waals surface area contributed by atoms with Crippen molar-refractivity contribution < 1.29 is 4.79 Å². The van der Waals surface area contributed by atoms with Crippen molar-refractivity contribution in [1.82, 2.24) is 19.8 Å². The summed E-state index contributed by atoms with van der Waals surface area (Å²) in [5.74, 6) is 2.08. The van der Waals surface area contributed by atoms with Crippen LogP contribution in [0.5, 0.6) is 0 Å². The van der Waals surface area contributed by atoms with Gasteiger partial charge in [-0.25, -0.2) is 9.97 Å². The van der Waals surface area contributed by atoms with Crippen LogP contribution in [-0.4, -0.2) is 45.8 Å². The van der Waals surface area contributed by atoms with Crippen LogP contribution in [-0.2, 0) is 17.8 Å². The molecule has 0 bridgehead atoms. The van der Waals surface area contributed by atoms with Crippen molar-refractivity contribution >= 4 is 5.91 Å². The number of hydrogen-bond donors (Lipinski definition) is 0. The fourth-order valence-corrected chi connectivity index (χ4v) is 4.89. The van der Waals surface area contributed by atoms with Gasteiger partial charge in [0.15, 0.2) is 0 Å². The van der Waals surface area contributed by atoms with E-state index in [2.05, 4.69) is 16.9 Å². The third-order valence-corrected chi connectivity index (χ3v) is 6.61. The summed E-state index contributed by atoms with van der Waals surface area (Å²) in [6.45, 7) is 2.64. The van der Waals surface area contributed by atoms with E-state index in [1.54, 1.807) is 0 Å². The van der Waals surface area contributed by atoms with Crippen LogP contribution in [0.3, 0.4) is 0 Å². The molecule has 0 radical (unpaired) electrons. The first-order chi connectivity index (χ1) is 12.7. The van der Waals surface area contributed by atoms with Crippen LogP contribution < -0.4 is 0 Å². The highest BCUT2D eigenvalue weighted by atomic mass is 16.2. The summed E-state index contributed by atoms with van der Waals surface area (Å²) in [6.07, 6.45) is 13.7. The molecule has 26 heavy (non-hydrogen) atoms. The van der Waals surface area contributed by atoms with Gasteiger partial charge < -0.3 is 4.90 Å². The summed E-state index contributed by atoms with van der Waals surface area (Å²) in [7, 11) is 2.18. The lowest BCUT2D eigenvalue weighted by molar-refractivity contribution is -0.132. The van der Waals surface area contributed by atoms with Crippen LogP contribution >= 0.6 is 0 Å². The lowest BCUT2D eigenvalue weighted by atomic mass is 10.00. The molecule has 5 heteroatoms. The van der Waals surface area contributed by atoms with Gasteiger partial charge in [-0.15, -0.1) is 0 Å².